The molecule has 0 bridgehead atoms. The molecule has 1 aliphatic heterocycles. The highest BCUT2D eigenvalue weighted by atomic mass is 32.1. The number of nitrogens with two attached hydrogens (primary N) is 1. The SMILES string of the molecule is NCc1cc(C(=O)N2CCN(C(=O)c3cc4sccc4s3)CC2)co1. The fraction of sp³-hybridized carbons (Fsp3) is 0.294. The second kappa shape index (κ2) is 6.62. The van der Waals surface area contributed by atoms with Crippen molar-refractivity contribution < 1.29 is 14.0 Å². The summed E-state index contributed by atoms with van der Waals surface area (Å²) in [6, 6.07) is 5.68. The van der Waals surface area contributed by atoms with Crippen LogP contribution in [0, 0.1) is 0 Å². The van der Waals surface area contributed by atoms with Gasteiger partial charge in [0, 0.05) is 35.6 Å². The van der Waals surface area contributed by atoms with E-state index in [1.807, 2.05) is 22.4 Å². The minimum Gasteiger partial charge on any atom is -0.467 e. The van der Waals surface area contributed by atoms with Crippen LogP contribution in [-0.4, -0.2) is 47.8 Å². The Hall–Kier alpha value is -2.16. The summed E-state index contributed by atoms with van der Waals surface area (Å²) in [5, 5.41) is 2.03. The Labute approximate surface area is 152 Å². The second-order valence-electron chi connectivity index (χ2n) is 5.85. The third-order valence-electron chi connectivity index (χ3n) is 4.31. The molecule has 130 valence electrons. The minimum absolute atomic E-state index is 0.0502. The molecule has 0 unspecified atom stereocenters. The van der Waals surface area contributed by atoms with Gasteiger partial charge in [0.25, 0.3) is 11.8 Å². The van der Waals surface area contributed by atoms with Crippen LogP contribution in [0.5, 0.6) is 0 Å². The number of rotatable bonds is 3. The van der Waals surface area contributed by atoms with Gasteiger partial charge in [-0.25, -0.2) is 0 Å². The first-order valence-corrected chi connectivity index (χ1v) is 9.68. The van der Waals surface area contributed by atoms with E-state index < -0.39 is 0 Å². The quantitative estimate of drug-likeness (QED) is 0.763. The molecule has 1 fully saturated rings. The molecule has 4 rings (SSSR count). The monoisotopic (exact) mass is 375 g/mol. The van der Waals surface area contributed by atoms with Gasteiger partial charge < -0.3 is 20.0 Å². The van der Waals surface area contributed by atoms with Crippen molar-refractivity contribution in [2.24, 2.45) is 5.73 Å². The Morgan fingerprint density at radius 3 is 2.44 bits per heavy atom. The van der Waals surface area contributed by atoms with Crippen molar-refractivity contribution in [1.29, 1.82) is 0 Å². The molecule has 0 spiro atoms. The van der Waals surface area contributed by atoms with Crippen LogP contribution in [0.25, 0.3) is 9.40 Å². The van der Waals surface area contributed by atoms with Crippen LogP contribution in [0.2, 0.25) is 0 Å². The van der Waals surface area contributed by atoms with Crippen molar-refractivity contribution in [3.05, 3.63) is 46.0 Å². The van der Waals surface area contributed by atoms with E-state index in [0.717, 1.165) is 14.3 Å². The number of hydrogen-bond acceptors (Lipinski definition) is 6. The molecule has 2 amide bonds. The lowest BCUT2D eigenvalue weighted by molar-refractivity contribution is 0.0537. The molecule has 0 aromatic carbocycles. The van der Waals surface area contributed by atoms with Crippen LogP contribution in [0.4, 0.5) is 0 Å². The summed E-state index contributed by atoms with van der Waals surface area (Å²) in [5.74, 6) is 0.566. The van der Waals surface area contributed by atoms with Gasteiger partial charge in [-0.2, -0.15) is 0 Å². The first-order chi connectivity index (χ1) is 12.2. The lowest BCUT2D eigenvalue weighted by Crippen LogP contribution is -2.50. The smallest absolute Gasteiger partial charge is 0.264 e. The van der Waals surface area contributed by atoms with Crippen LogP contribution in [0.15, 0.2) is 34.3 Å². The summed E-state index contributed by atoms with van der Waals surface area (Å²) < 4.78 is 7.53. The maximum atomic E-state index is 12.7. The number of carbonyl (C=O) groups is 2. The van der Waals surface area contributed by atoms with Crippen LogP contribution in [-0.2, 0) is 6.54 Å². The molecule has 4 heterocycles. The predicted octanol–water partition coefficient (Wildman–Crippen LogP) is 2.61. The van der Waals surface area contributed by atoms with Crippen LogP contribution in [0.3, 0.4) is 0 Å². The van der Waals surface area contributed by atoms with Crippen molar-refractivity contribution in [1.82, 2.24) is 9.80 Å². The average molecular weight is 375 g/mol. The van der Waals surface area contributed by atoms with E-state index >= 15 is 0 Å². The largest absolute Gasteiger partial charge is 0.467 e. The Balaban J connectivity index is 1.39. The highest BCUT2D eigenvalue weighted by Crippen LogP contribution is 2.30. The number of piperazine rings is 1. The van der Waals surface area contributed by atoms with Gasteiger partial charge in [0.05, 0.1) is 17.0 Å². The third-order valence-corrected chi connectivity index (χ3v) is 6.39. The number of hydrogen-bond donors (Lipinski definition) is 1. The minimum atomic E-state index is -0.0767. The molecule has 0 saturated carbocycles. The summed E-state index contributed by atoms with van der Waals surface area (Å²) in [5.41, 5.74) is 6.02. The third kappa shape index (κ3) is 3.08. The fourth-order valence-corrected chi connectivity index (χ4v) is 5.00. The molecule has 0 atom stereocenters. The number of nitrogens with zero attached hydrogens (tertiary/aromatic N) is 2. The lowest BCUT2D eigenvalue weighted by Gasteiger charge is -2.34. The van der Waals surface area contributed by atoms with Gasteiger partial charge in [-0.15, -0.1) is 22.7 Å². The number of fused-ring (bicyclic) bond motifs is 1. The van der Waals surface area contributed by atoms with Crippen molar-refractivity contribution >= 4 is 43.9 Å². The zero-order chi connectivity index (χ0) is 17.4. The fourth-order valence-electron chi connectivity index (χ4n) is 2.92. The standard InChI is InChI=1S/C17H17N3O3S2/c18-9-12-7-11(10-23-12)16(21)19-2-4-20(5-3-19)17(22)15-8-14-13(25-15)1-6-24-14/h1,6-8,10H,2-5,9,18H2. The van der Waals surface area contributed by atoms with Gasteiger partial charge in [0.15, 0.2) is 0 Å². The van der Waals surface area contributed by atoms with E-state index in [9.17, 15) is 9.59 Å². The van der Waals surface area contributed by atoms with Crippen LogP contribution in [0.1, 0.15) is 25.8 Å². The van der Waals surface area contributed by atoms with Gasteiger partial charge in [-0.05, 0) is 23.6 Å². The molecule has 3 aromatic heterocycles. The number of carbonyl (C=O) groups excluding carboxylic acids is 2. The maximum Gasteiger partial charge on any atom is 0.264 e. The van der Waals surface area contributed by atoms with Crippen LogP contribution >= 0.6 is 22.7 Å². The summed E-state index contributed by atoms with van der Waals surface area (Å²) in [6.45, 7) is 2.39. The Morgan fingerprint density at radius 2 is 1.80 bits per heavy atom. The molecule has 1 saturated heterocycles. The zero-order valence-electron chi connectivity index (χ0n) is 13.4. The van der Waals surface area contributed by atoms with Crippen molar-refractivity contribution in [3.63, 3.8) is 0 Å². The van der Waals surface area contributed by atoms with E-state index in [4.69, 9.17) is 10.2 Å². The van der Waals surface area contributed by atoms with Gasteiger partial charge in [-0.1, -0.05) is 0 Å². The van der Waals surface area contributed by atoms with E-state index in [1.54, 1.807) is 22.3 Å². The summed E-state index contributed by atoms with van der Waals surface area (Å²) in [6.07, 6.45) is 1.44. The van der Waals surface area contributed by atoms with E-state index in [2.05, 4.69) is 0 Å². The highest BCUT2D eigenvalue weighted by molar-refractivity contribution is 7.27. The molecule has 25 heavy (non-hydrogen) atoms. The van der Waals surface area contributed by atoms with Crippen molar-refractivity contribution in [2.75, 3.05) is 26.2 Å². The van der Waals surface area contributed by atoms with E-state index in [1.165, 1.54) is 17.6 Å². The number of thiophene rings is 2. The Kier molecular flexibility index (Phi) is 4.32. The molecule has 3 aromatic rings. The van der Waals surface area contributed by atoms with Gasteiger partial charge in [-0.3, -0.25) is 9.59 Å². The molecular formula is C17H17N3O3S2. The lowest BCUT2D eigenvalue weighted by atomic mass is 10.2. The summed E-state index contributed by atoms with van der Waals surface area (Å²) in [7, 11) is 0. The average Bonchev–Trinajstić information content (AvgIpc) is 3.35. The highest BCUT2D eigenvalue weighted by Gasteiger charge is 2.27. The molecular weight excluding hydrogens is 358 g/mol. The first-order valence-electron chi connectivity index (χ1n) is 7.99. The van der Waals surface area contributed by atoms with Crippen molar-refractivity contribution in [3.8, 4) is 0 Å². The van der Waals surface area contributed by atoms with Crippen molar-refractivity contribution in [2.45, 2.75) is 6.54 Å². The molecule has 0 aliphatic carbocycles. The molecule has 8 heteroatoms. The zero-order valence-corrected chi connectivity index (χ0v) is 15.1. The van der Waals surface area contributed by atoms with E-state index in [0.29, 0.717) is 37.5 Å². The Bertz CT molecular complexity index is 890. The topological polar surface area (TPSA) is 79.8 Å². The molecule has 6 nitrogen and oxygen atoms in total. The predicted molar refractivity (Wildman–Crippen MR) is 98.1 cm³/mol. The van der Waals surface area contributed by atoms with Crippen LogP contribution < -0.4 is 5.73 Å². The summed E-state index contributed by atoms with van der Waals surface area (Å²) >= 11 is 3.18. The Morgan fingerprint density at radius 1 is 1.08 bits per heavy atom. The normalized spacial score (nSPS) is 15.1. The van der Waals surface area contributed by atoms with Gasteiger partial charge in [0.1, 0.15) is 12.0 Å². The molecule has 0 radical (unpaired) electrons. The van der Waals surface area contributed by atoms with E-state index in [-0.39, 0.29) is 18.4 Å². The van der Waals surface area contributed by atoms with Gasteiger partial charge in [0.2, 0.25) is 0 Å². The second-order valence-corrected chi connectivity index (χ2v) is 7.88. The first kappa shape index (κ1) is 16.3. The maximum absolute atomic E-state index is 12.7. The summed E-state index contributed by atoms with van der Waals surface area (Å²) in [4.78, 5) is 29.5. The van der Waals surface area contributed by atoms with Gasteiger partial charge >= 0.3 is 0 Å². The molecule has 1 aliphatic rings. The molecule has 2 N–H and O–H groups in total. The number of amides is 2. The number of furan rings is 1.